The Morgan fingerprint density at radius 2 is 1.64 bits per heavy atom. The number of carboxylic acids is 1. The summed E-state index contributed by atoms with van der Waals surface area (Å²) < 4.78 is 5.61. The van der Waals surface area contributed by atoms with Crippen LogP contribution in [0.4, 0.5) is 0 Å². The van der Waals surface area contributed by atoms with Crippen LogP contribution >= 0.6 is 0 Å². The molecule has 0 heterocycles. The molecule has 0 atom stereocenters. The second-order valence-corrected chi connectivity index (χ2v) is 5.31. The predicted octanol–water partition coefficient (Wildman–Crippen LogP) is 0.148. The van der Waals surface area contributed by atoms with Gasteiger partial charge in [0.05, 0.1) is 12.1 Å². The molecular formula is C18H15NaO3. The van der Waals surface area contributed by atoms with Crippen LogP contribution in [0.15, 0.2) is 48.5 Å². The van der Waals surface area contributed by atoms with E-state index < -0.39 is 5.97 Å². The molecule has 0 spiro atoms. The standard InChI is InChI=1S/C18H16O3.Na/c1-11(2)21-16-8-7-14-9-12-5-3-4-6-13(12)10-15(14)17(16)18(19)20;/h3-11H,1-2H3,(H,19,20);/q;+1/p-1. The van der Waals surface area contributed by atoms with Gasteiger partial charge in [0.25, 0.3) is 0 Å². The van der Waals surface area contributed by atoms with Gasteiger partial charge in [-0.15, -0.1) is 0 Å². The van der Waals surface area contributed by atoms with Crippen LogP contribution in [-0.4, -0.2) is 12.1 Å². The fraction of sp³-hybridized carbons (Fsp3) is 0.167. The average molecular weight is 302 g/mol. The smallest absolute Gasteiger partial charge is 0.545 e. The van der Waals surface area contributed by atoms with Crippen molar-refractivity contribution in [3.63, 3.8) is 0 Å². The maximum absolute atomic E-state index is 11.6. The molecule has 0 saturated heterocycles. The summed E-state index contributed by atoms with van der Waals surface area (Å²) in [4.78, 5) is 11.6. The second-order valence-electron chi connectivity index (χ2n) is 5.31. The Balaban J connectivity index is 0.00000176. The van der Waals surface area contributed by atoms with Crippen LogP contribution in [0.1, 0.15) is 24.2 Å². The number of hydrogen-bond acceptors (Lipinski definition) is 3. The van der Waals surface area contributed by atoms with Crippen molar-refractivity contribution in [2.75, 3.05) is 0 Å². The monoisotopic (exact) mass is 302 g/mol. The Hall–Kier alpha value is -1.55. The number of carboxylic acid groups (broad SMARTS) is 1. The molecule has 3 aromatic rings. The van der Waals surface area contributed by atoms with Gasteiger partial charge in [-0.3, -0.25) is 0 Å². The van der Waals surface area contributed by atoms with Crippen molar-refractivity contribution in [2.45, 2.75) is 20.0 Å². The van der Waals surface area contributed by atoms with Crippen molar-refractivity contribution < 1.29 is 44.2 Å². The zero-order valence-corrected chi connectivity index (χ0v) is 14.9. The normalized spacial score (nSPS) is 10.7. The predicted molar refractivity (Wildman–Crippen MR) is 81.5 cm³/mol. The largest absolute Gasteiger partial charge is 1.00 e. The summed E-state index contributed by atoms with van der Waals surface area (Å²) >= 11 is 0. The quantitative estimate of drug-likeness (QED) is 0.511. The maximum Gasteiger partial charge on any atom is 1.00 e. The molecule has 4 heteroatoms. The van der Waals surface area contributed by atoms with Crippen LogP contribution in [0, 0.1) is 0 Å². The molecule has 0 N–H and O–H groups in total. The molecule has 3 nitrogen and oxygen atoms in total. The zero-order valence-electron chi connectivity index (χ0n) is 12.9. The van der Waals surface area contributed by atoms with Gasteiger partial charge in [0, 0.05) is 5.56 Å². The van der Waals surface area contributed by atoms with Crippen molar-refractivity contribution >= 4 is 27.5 Å². The third-order valence-electron chi connectivity index (χ3n) is 3.41. The van der Waals surface area contributed by atoms with Gasteiger partial charge in [0.2, 0.25) is 0 Å². The fourth-order valence-electron chi connectivity index (χ4n) is 2.56. The van der Waals surface area contributed by atoms with Gasteiger partial charge in [-0.2, -0.15) is 0 Å². The molecular weight excluding hydrogens is 287 g/mol. The SMILES string of the molecule is CC(C)Oc1ccc2cc3ccccc3cc2c1C(=O)[O-].[Na+]. The molecule has 0 aliphatic carbocycles. The van der Waals surface area contributed by atoms with Gasteiger partial charge in [-0.1, -0.05) is 30.3 Å². The molecule has 0 saturated carbocycles. The van der Waals surface area contributed by atoms with Crippen molar-refractivity contribution in [1.29, 1.82) is 0 Å². The van der Waals surface area contributed by atoms with Crippen LogP contribution < -0.4 is 39.4 Å². The Labute approximate surface area is 151 Å². The van der Waals surface area contributed by atoms with E-state index in [2.05, 4.69) is 0 Å². The molecule has 0 aromatic heterocycles. The topological polar surface area (TPSA) is 49.4 Å². The Morgan fingerprint density at radius 1 is 1.00 bits per heavy atom. The van der Waals surface area contributed by atoms with E-state index in [1.54, 1.807) is 6.07 Å². The minimum Gasteiger partial charge on any atom is -0.545 e. The summed E-state index contributed by atoms with van der Waals surface area (Å²) in [7, 11) is 0. The molecule has 0 unspecified atom stereocenters. The molecule has 0 amide bonds. The Morgan fingerprint density at radius 3 is 2.23 bits per heavy atom. The maximum atomic E-state index is 11.6. The number of rotatable bonds is 3. The third-order valence-corrected chi connectivity index (χ3v) is 3.41. The zero-order chi connectivity index (χ0) is 15.0. The first-order chi connectivity index (χ1) is 10.1. The van der Waals surface area contributed by atoms with Gasteiger partial charge < -0.3 is 14.6 Å². The Kier molecular flexibility index (Phi) is 5.12. The molecule has 0 aliphatic heterocycles. The minimum absolute atomic E-state index is 0. The molecule has 0 aliphatic rings. The first-order valence-electron chi connectivity index (χ1n) is 6.90. The number of carbonyl (C=O) groups excluding carboxylic acids is 1. The van der Waals surface area contributed by atoms with E-state index in [4.69, 9.17) is 4.74 Å². The van der Waals surface area contributed by atoms with Crippen molar-refractivity contribution in [3.8, 4) is 5.75 Å². The average Bonchev–Trinajstić information content (AvgIpc) is 2.44. The number of fused-ring (bicyclic) bond motifs is 2. The van der Waals surface area contributed by atoms with E-state index in [-0.39, 0.29) is 41.2 Å². The molecule has 106 valence electrons. The van der Waals surface area contributed by atoms with Crippen LogP contribution in [-0.2, 0) is 0 Å². The summed E-state index contributed by atoms with van der Waals surface area (Å²) in [6, 6.07) is 15.3. The number of hydrogen-bond donors (Lipinski definition) is 0. The summed E-state index contributed by atoms with van der Waals surface area (Å²) in [5.74, 6) is -0.862. The van der Waals surface area contributed by atoms with Gasteiger partial charge in [0.1, 0.15) is 5.75 Å². The van der Waals surface area contributed by atoms with E-state index in [1.165, 1.54) is 0 Å². The number of benzene rings is 3. The molecule has 22 heavy (non-hydrogen) atoms. The Bertz CT molecular complexity index is 840. The van der Waals surface area contributed by atoms with Crippen molar-refractivity contribution in [2.24, 2.45) is 0 Å². The van der Waals surface area contributed by atoms with E-state index >= 15 is 0 Å². The van der Waals surface area contributed by atoms with Crippen LogP contribution in [0.3, 0.4) is 0 Å². The summed E-state index contributed by atoms with van der Waals surface area (Å²) in [6.07, 6.45) is -0.0963. The fourth-order valence-corrected chi connectivity index (χ4v) is 2.56. The summed E-state index contributed by atoms with van der Waals surface area (Å²) in [6.45, 7) is 3.73. The van der Waals surface area contributed by atoms with E-state index in [0.29, 0.717) is 11.1 Å². The van der Waals surface area contributed by atoms with E-state index in [0.717, 1.165) is 16.2 Å². The molecule has 0 bridgehead atoms. The van der Waals surface area contributed by atoms with Crippen molar-refractivity contribution in [1.82, 2.24) is 0 Å². The number of aromatic carboxylic acids is 1. The van der Waals surface area contributed by atoms with Gasteiger partial charge in [-0.05, 0) is 53.6 Å². The molecule has 3 rings (SSSR count). The van der Waals surface area contributed by atoms with Crippen LogP contribution in [0.2, 0.25) is 0 Å². The minimum atomic E-state index is -1.22. The first kappa shape index (κ1) is 16.8. The van der Waals surface area contributed by atoms with Gasteiger partial charge in [0.15, 0.2) is 0 Å². The number of carbonyl (C=O) groups is 1. The molecule has 3 aromatic carbocycles. The summed E-state index contributed by atoms with van der Waals surface area (Å²) in [5.41, 5.74) is 0.118. The van der Waals surface area contributed by atoms with Gasteiger partial charge in [-0.25, -0.2) is 0 Å². The van der Waals surface area contributed by atoms with Crippen molar-refractivity contribution in [3.05, 3.63) is 54.1 Å². The number of ether oxygens (including phenoxy) is 1. The van der Waals surface area contributed by atoms with Gasteiger partial charge >= 0.3 is 29.6 Å². The van der Waals surface area contributed by atoms with Crippen LogP contribution in [0.5, 0.6) is 5.75 Å². The summed E-state index contributed by atoms with van der Waals surface area (Å²) in [5, 5.41) is 15.1. The third kappa shape index (κ3) is 3.12. The molecule has 0 fully saturated rings. The molecule has 0 radical (unpaired) electrons. The van der Waals surface area contributed by atoms with Crippen LogP contribution in [0.25, 0.3) is 21.5 Å². The van der Waals surface area contributed by atoms with E-state index in [9.17, 15) is 9.90 Å². The second kappa shape index (κ2) is 6.69. The first-order valence-corrected chi connectivity index (χ1v) is 6.90. The van der Waals surface area contributed by atoms with E-state index in [1.807, 2.05) is 56.3 Å².